The minimum absolute atomic E-state index is 0.146. The summed E-state index contributed by atoms with van der Waals surface area (Å²) in [5.41, 5.74) is 5.77. The van der Waals surface area contributed by atoms with Crippen molar-refractivity contribution in [1.82, 2.24) is 4.90 Å². The lowest BCUT2D eigenvalue weighted by Crippen LogP contribution is -2.51. The molecule has 0 saturated heterocycles. The monoisotopic (exact) mass is 244 g/mol. The molecule has 5 heteroatoms. The van der Waals surface area contributed by atoms with Gasteiger partial charge in [-0.05, 0) is 18.3 Å². The molecule has 17 heavy (non-hydrogen) atoms. The zero-order valence-electron chi connectivity index (χ0n) is 11.3. The third-order valence-corrected chi connectivity index (χ3v) is 2.69. The molecule has 0 saturated carbocycles. The van der Waals surface area contributed by atoms with Crippen LogP contribution in [0.5, 0.6) is 0 Å². The smallest absolute Gasteiger partial charge is 0.326 e. The Hall–Kier alpha value is -1.10. The molecule has 0 heterocycles. The minimum atomic E-state index is -0.993. The Kier molecular flexibility index (Phi) is 6.16. The maximum absolute atomic E-state index is 12.0. The Morgan fingerprint density at radius 3 is 2.00 bits per heavy atom. The standard InChI is InChI=1S/C12H24N2O3/c1-7(2)6-9(13)11(15)14(5)10(8(3)4)12(16)17/h7-10H,6,13H2,1-5H3,(H,16,17)/t9-,10-/m0/s1. The first-order valence-corrected chi connectivity index (χ1v) is 5.93. The summed E-state index contributed by atoms with van der Waals surface area (Å²) < 4.78 is 0. The molecule has 0 aliphatic heterocycles. The lowest BCUT2D eigenvalue weighted by molar-refractivity contribution is -0.151. The van der Waals surface area contributed by atoms with E-state index in [1.807, 2.05) is 13.8 Å². The third-order valence-electron chi connectivity index (χ3n) is 2.69. The van der Waals surface area contributed by atoms with E-state index in [0.29, 0.717) is 12.3 Å². The maximum atomic E-state index is 12.0. The molecular weight excluding hydrogens is 220 g/mol. The highest BCUT2D eigenvalue weighted by atomic mass is 16.4. The second-order valence-electron chi connectivity index (χ2n) is 5.21. The van der Waals surface area contributed by atoms with E-state index in [1.165, 1.54) is 11.9 Å². The summed E-state index contributed by atoms with van der Waals surface area (Å²) in [6.45, 7) is 7.50. The number of carboxylic acids is 1. The Morgan fingerprint density at radius 2 is 1.71 bits per heavy atom. The predicted octanol–water partition coefficient (Wildman–Crippen LogP) is 0.927. The summed E-state index contributed by atoms with van der Waals surface area (Å²) in [6.07, 6.45) is 0.563. The van der Waals surface area contributed by atoms with Crippen LogP contribution in [0.25, 0.3) is 0 Å². The molecule has 0 spiro atoms. The van der Waals surface area contributed by atoms with Gasteiger partial charge < -0.3 is 15.7 Å². The van der Waals surface area contributed by atoms with Crippen molar-refractivity contribution in [2.24, 2.45) is 17.6 Å². The van der Waals surface area contributed by atoms with Crippen LogP contribution in [-0.2, 0) is 9.59 Å². The number of hydrogen-bond donors (Lipinski definition) is 2. The fourth-order valence-corrected chi connectivity index (χ4v) is 1.91. The molecule has 0 radical (unpaired) electrons. The number of carboxylic acid groups (broad SMARTS) is 1. The van der Waals surface area contributed by atoms with Crippen LogP contribution in [0.3, 0.4) is 0 Å². The molecule has 0 bridgehead atoms. The first-order valence-electron chi connectivity index (χ1n) is 5.93. The van der Waals surface area contributed by atoms with Crippen LogP contribution in [-0.4, -0.2) is 41.0 Å². The average molecular weight is 244 g/mol. The molecule has 0 aromatic heterocycles. The number of carbonyl (C=O) groups excluding carboxylic acids is 1. The molecular formula is C12H24N2O3. The quantitative estimate of drug-likeness (QED) is 0.728. The van der Waals surface area contributed by atoms with Gasteiger partial charge >= 0.3 is 5.97 Å². The highest BCUT2D eigenvalue weighted by Crippen LogP contribution is 2.13. The lowest BCUT2D eigenvalue weighted by Gasteiger charge is -2.30. The van der Waals surface area contributed by atoms with Crippen LogP contribution in [0.2, 0.25) is 0 Å². The Balaban J connectivity index is 4.71. The van der Waals surface area contributed by atoms with Gasteiger partial charge in [0.15, 0.2) is 0 Å². The van der Waals surface area contributed by atoms with Crippen molar-refractivity contribution >= 4 is 11.9 Å². The fourth-order valence-electron chi connectivity index (χ4n) is 1.91. The van der Waals surface area contributed by atoms with E-state index in [4.69, 9.17) is 10.8 Å². The summed E-state index contributed by atoms with van der Waals surface area (Å²) >= 11 is 0. The van der Waals surface area contributed by atoms with Gasteiger partial charge in [0, 0.05) is 7.05 Å². The molecule has 100 valence electrons. The van der Waals surface area contributed by atoms with Crippen LogP contribution in [0.15, 0.2) is 0 Å². The molecule has 2 atom stereocenters. The van der Waals surface area contributed by atoms with Crippen LogP contribution in [0.1, 0.15) is 34.1 Å². The van der Waals surface area contributed by atoms with Gasteiger partial charge in [-0.25, -0.2) is 4.79 Å². The van der Waals surface area contributed by atoms with Gasteiger partial charge in [0.05, 0.1) is 6.04 Å². The van der Waals surface area contributed by atoms with Crippen LogP contribution in [0, 0.1) is 11.8 Å². The summed E-state index contributed by atoms with van der Waals surface area (Å²) in [6, 6.07) is -1.44. The number of aliphatic carboxylic acids is 1. The van der Waals surface area contributed by atoms with Gasteiger partial charge in [-0.3, -0.25) is 4.79 Å². The first kappa shape index (κ1) is 15.9. The largest absolute Gasteiger partial charge is 0.480 e. The van der Waals surface area contributed by atoms with Crippen molar-refractivity contribution in [1.29, 1.82) is 0 Å². The van der Waals surface area contributed by atoms with Crippen molar-refractivity contribution in [2.45, 2.75) is 46.2 Å². The maximum Gasteiger partial charge on any atom is 0.326 e. The number of likely N-dealkylation sites (N-methyl/N-ethyl adjacent to an activating group) is 1. The van der Waals surface area contributed by atoms with E-state index in [2.05, 4.69) is 0 Å². The zero-order valence-corrected chi connectivity index (χ0v) is 11.3. The van der Waals surface area contributed by atoms with Gasteiger partial charge in [0.25, 0.3) is 0 Å². The van der Waals surface area contributed by atoms with Crippen molar-refractivity contribution in [3.8, 4) is 0 Å². The highest BCUT2D eigenvalue weighted by Gasteiger charge is 2.31. The minimum Gasteiger partial charge on any atom is -0.480 e. The topological polar surface area (TPSA) is 83.6 Å². The number of carbonyl (C=O) groups is 2. The summed E-state index contributed by atoms with van der Waals surface area (Å²) in [7, 11) is 1.50. The Morgan fingerprint density at radius 1 is 1.24 bits per heavy atom. The van der Waals surface area contributed by atoms with Gasteiger partial charge in [-0.2, -0.15) is 0 Å². The predicted molar refractivity (Wildman–Crippen MR) is 66.5 cm³/mol. The van der Waals surface area contributed by atoms with Crippen molar-refractivity contribution < 1.29 is 14.7 Å². The van der Waals surface area contributed by atoms with E-state index in [1.54, 1.807) is 13.8 Å². The van der Waals surface area contributed by atoms with E-state index in [0.717, 1.165) is 0 Å². The number of nitrogens with two attached hydrogens (primary N) is 1. The van der Waals surface area contributed by atoms with Gasteiger partial charge in [-0.1, -0.05) is 27.7 Å². The number of amides is 1. The summed E-state index contributed by atoms with van der Waals surface area (Å²) in [5, 5.41) is 9.09. The summed E-state index contributed by atoms with van der Waals surface area (Å²) in [5.74, 6) is -1.13. The Labute approximate surface area is 103 Å². The van der Waals surface area contributed by atoms with Crippen molar-refractivity contribution in [3.63, 3.8) is 0 Å². The number of rotatable bonds is 6. The van der Waals surface area contributed by atoms with E-state index in [-0.39, 0.29) is 11.8 Å². The second kappa shape index (κ2) is 6.59. The molecule has 0 aromatic carbocycles. The number of nitrogens with zero attached hydrogens (tertiary/aromatic N) is 1. The first-order chi connectivity index (χ1) is 7.68. The van der Waals surface area contributed by atoms with Crippen LogP contribution in [0.4, 0.5) is 0 Å². The lowest BCUT2D eigenvalue weighted by atomic mass is 9.99. The average Bonchev–Trinajstić information content (AvgIpc) is 2.13. The summed E-state index contributed by atoms with van der Waals surface area (Å²) in [4.78, 5) is 24.3. The van der Waals surface area contributed by atoms with E-state index < -0.39 is 18.1 Å². The third kappa shape index (κ3) is 4.73. The van der Waals surface area contributed by atoms with E-state index in [9.17, 15) is 9.59 Å². The fraction of sp³-hybridized carbons (Fsp3) is 0.833. The van der Waals surface area contributed by atoms with Gasteiger partial charge in [0.2, 0.25) is 5.91 Å². The van der Waals surface area contributed by atoms with Gasteiger partial charge in [-0.15, -0.1) is 0 Å². The Bertz CT molecular complexity index is 277. The molecule has 0 unspecified atom stereocenters. The molecule has 3 N–H and O–H groups in total. The zero-order chi connectivity index (χ0) is 13.7. The van der Waals surface area contributed by atoms with E-state index >= 15 is 0 Å². The molecule has 0 fully saturated rings. The normalized spacial score (nSPS) is 14.8. The SMILES string of the molecule is CC(C)C[C@H](N)C(=O)N(C)[C@H](C(=O)O)C(C)C. The molecule has 0 rings (SSSR count). The second-order valence-corrected chi connectivity index (χ2v) is 5.21. The van der Waals surface area contributed by atoms with Crippen LogP contribution < -0.4 is 5.73 Å². The van der Waals surface area contributed by atoms with Crippen LogP contribution >= 0.6 is 0 Å². The number of hydrogen-bond acceptors (Lipinski definition) is 3. The molecule has 0 aliphatic rings. The molecule has 5 nitrogen and oxygen atoms in total. The molecule has 1 amide bonds. The molecule has 0 aromatic rings. The van der Waals surface area contributed by atoms with Gasteiger partial charge in [0.1, 0.15) is 6.04 Å². The highest BCUT2D eigenvalue weighted by molar-refractivity contribution is 5.86. The van der Waals surface area contributed by atoms with Crippen molar-refractivity contribution in [2.75, 3.05) is 7.05 Å². The molecule has 0 aliphatic carbocycles. The van der Waals surface area contributed by atoms with Crippen molar-refractivity contribution in [3.05, 3.63) is 0 Å².